The van der Waals surface area contributed by atoms with E-state index >= 15 is 0 Å². The molecule has 90 valence electrons. The Balaban J connectivity index is 2.86. The van der Waals surface area contributed by atoms with Crippen LogP contribution in [-0.2, 0) is 21.6 Å². The minimum atomic E-state index is -0.949. The SMILES string of the molecule is CCCS(=O)c1cccc(S(=O)CCC)c1. The summed E-state index contributed by atoms with van der Waals surface area (Å²) >= 11 is 0. The zero-order valence-corrected chi connectivity index (χ0v) is 11.4. The molecule has 1 rings (SSSR count). The standard InChI is InChI=1S/C12H18O2S2/c1-3-8-15(13)11-6-5-7-12(10-11)16(14)9-4-2/h5-7,10H,3-4,8-9H2,1-2H3. The molecule has 0 spiro atoms. The third-order valence-electron chi connectivity index (χ3n) is 2.11. The molecule has 0 aliphatic rings. The summed E-state index contributed by atoms with van der Waals surface area (Å²) in [5, 5.41) is 0. The van der Waals surface area contributed by atoms with Crippen molar-refractivity contribution in [1.29, 1.82) is 0 Å². The van der Waals surface area contributed by atoms with Crippen molar-refractivity contribution in [3.63, 3.8) is 0 Å². The first-order chi connectivity index (χ1) is 7.69. The highest BCUT2D eigenvalue weighted by atomic mass is 32.2. The zero-order chi connectivity index (χ0) is 12.0. The lowest BCUT2D eigenvalue weighted by atomic mass is 10.4. The number of hydrogen-bond donors (Lipinski definition) is 0. The Kier molecular flexibility index (Phi) is 5.91. The van der Waals surface area contributed by atoms with Crippen LogP contribution >= 0.6 is 0 Å². The van der Waals surface area contributed by atoms with Crippen molar-refractivity contribution >= 4 is 21.6 Å². The fourth-order valence-corrected chi connectivity index (χ4v) is 3.63. The molecule has 2 nitrogen and oxygen atoms in total. The first-order valence-electron chi connectivity index (χ1n) is 5.55. The fourth-order valence-electron chi connectivity index (χ4n) is 1.36. The van der Waals surface area contributed by atoms with Crippen LogP contribution in [0.15, 0.2) is 34.1 Å². The monoisotopic (exact) mass is 258 g/mol. The maximum Gasteiger partial charge on any atom is 0.0529 e. The summed E-state index contributed by atoms with van der Waals surface area (Å²) in [4.78, 5) is 1.59. The quantitative estimate of drug-likeness (QED) is 0.786. The summed E-state index contributed by atoms with van der Waals surface area (Å²) in [6.07, 6.45) is 1.80. The molecule has 2 atom stereocenters. The Morgan fingerprint density at radius 1 is 0.938 bits per heavy atom. The van der Waals surface area contributed by atoms with Gasteiger partial charge >= 0.3 is 0 Å². The molecule has 0 radical (unpaired) electrons. The number of hydrogen-bond acceptors (Lipinski definition) is 2. The van der Waals surface area contributed by atoms with Crippen molar-refractivity contribution in [2.45, 2.75) is 36.5 Å². The summed E-state index contributed by atoms with van der Waals surface area (Å²) in [6.45, 7) is 4.02. The summed E-state index contributed by atoms with van der Waals surface area (Å²) in [7, 11) is -1.90. The van der Waals surface area contributed by atoms with E-state index in [2.05, 4.69) is 0 Å². The highest BCUT2D eigenvalue weighted by Crippen LogP contribution is 2.14. The molecule has 0 heterocycles. The second-order valence-corrected chi connectivity index (χ2v) is 6.72. The summed E-state index contributed by atoms with van der Waals surface area (Å²) in [5.41, 5.74) is 0. The fraction of sp³-hybridized carbons (Fsp3) is 0.500. The van der Waals surface area contributed by atoms with Crippen LogP contribution in [0.1, 0.15) is 26.7 Å². The Morgan fingerprint density at radius 3 is 1.75 bits per heavy atom. The van der Waals surface area contributed by atoms with Crippen molar-refractivity contribution in [3.05, 3.63) is 24.3 Å². The van der Waals surface area contributed by atoms with Gasteiger partial charge in [0.25, 0.3) is 0 Å². The highest BCUT2D eigenvalue weighted by Gasteiger charge is 2.07. The Bertz CT molecular complexity index is 355. The van der Waals surface area contributed by atoms with E-state index < -0.39 is 21.6 Å². The van der Waals surface area contributed by atoms with Crippen molar-refractivity contribution < 1.29 is 8.42 Å². The van der Waals surface area contributed by atoms with Crippen LogP contribution in [0.5, 0.6) is 0 Å². The van der Waals surface area contributed by atoms with E-state index in [4.69, 9.17) is 0 Å². The maximum absolute atomic E-state index is 11.8. The molecule has 0 saturated heterocycles. The first kappa shape index (κ1) is 13.6. The smallest absolute Gasteiger partial charge is 0.0529 e. The lowest BCUT2D eigenvalue weighted by Crippen LogP contribution is -2.00. The predicted molar refractivity (Wildman–Crippen MR) is 69.6 cm³/mol. The van der Waals surface area contributed by atoms with Crippen LogP contribution in [0.4, 0.5) is 0 Å². The molecule has 0 aliphatic heterocycles. The van der Waals surface area contributed by atoms with Crippen LogP contribution < -0.4 is 0 Å². The second-order valence-electron chi connectivity index (χ2n) is 3.57. The lowest BCUT2D eigenvalue weighted by molar-refractivity contribution is 0.680. The minimum absolute atomic E-state index is 0.671. The van der Waals surface area contributed by atoms with Gasteiger partial charge in [-0.2, -0.15) is 0 Å². The van der Waals surface area contributed by atoms with Gasteiger partial charge in [0.15, 0.2) is 0 Å². The highest BCUT2D eigenvalue weighted by molar-refractivity contribution is 7.85. The van der Waals surface area contributed by atoms with Gasteiger partial charge in [-0.3, -0.25) is 8.42 Å². The topological polar surface area (TPSA) is 34.1 Å². The van der Waals surface area contributed by atoms with E-state index in [0.717, 1.165) is 22.6 Å². The van der Waals surface area contributed by atoms with Crippen molar-refractivity contribution in [1.82, 2.24) is 0 Å². The van der Waals surface area contributed by atoms with E-state index in [1.165, 1.54) is 0 Å². The average Bonchev–Trinajstić information content (AvgIpc) is 2.30. The van der Waals surface area contributed by atoms with Crippen molar-refractivity contribution in [2.24, 2.45) is 0 Å². The Hall–Kier alpha value is -0.480. The van der Waals surface area contributed by atoms with Gasteiger partial charge in [-0.05, 0) is 31.0 Å². The number of benzene rings is 1. The molecule has 0 aromatic heterocycles. The molecule has 0 bridgehead atoms. The van der Waals surface area contributed by atoms with Gasteiger partial charge in [0.05, 0.1) is 21.6 Å². The van der Waals surface area contributed by atoms with E-state index in [1.807, 2.05) is 38.1 Å². The summed E-state index contributed by atoms with van der Waals surface area (Å²) in [5.74, 6) is 1.34. The third-order valence-corrected chi connectivity index (χ3v) is 5.23. The van der Waals surface area contributed by atoms with Crippen molar-refractivity contribution in [3.8, 4) is 0 Å². The molecule has 0 N–H and O–H groups in total. The first-order valence-corrected chi connectivity index (χ1v) is 8.19. The molecular weight excluding hydrogens is 240 g/mol. The minimum Gasteiger partial charge on any atom is -0.254 e. The van der Waals surface area contributed by atoms with Gasteiger partial charge in [0.2, 0.25) is 0 Å². The number of rotatable bonds is 6. The van der Waals surface area contributed by atoms with Crippen LogP contribution in [0, 0.1) is 0 Å². The second kappa shape index (κ2) is 6.97. The van der Waals surface area contributed by atoms with Crippen LogP contribution in [-0.4, -0.2) is 19.9 Å². The molecular formula is C12H18O2S2. The molecule has 16 heavy (non-hydrogen) atoms. The average molecular weight is 258 g/mol. The van der Waals surface area contributed by atoms with Crippen LogP contribution in [0.3, 0.4) is 0 Å². The van der Waals surface area contributed by atoms with E-state index in [1.54, 1.807) is 0 Å². The lowest BCUT2D eigenvalue weighted by Gasteiger charge is -2.04. The summed E-state index contributed by atoms with van der Waals surface area (Å²) < 4.78 is 23.6. The van der Waals surface area contributed by atoms with Crippen molar-refractivity contribution in [2.75, 3.05) is 11.5 Å². The van der Waals surface area contributed by atoms with Gasteiger partial charge in [0.1, 0.15) is 0 Å². The molecule has 0 amide bonds. The Labute approximate surface area is 102 Å². The van der Waals surface area contributed by atoms with Crippen LogP contribution in [0.2, 0.25) is 0 Å². The third kappa shape index (κ3) is 3.83. The van der Waals surface area contributed by atoms with E-state index in [9.17, 15) is 8.42 Å². The molecule has 0 saturated carbocycles. The zero-order valence-electron chi connectivity index (χ0n) is 9.77. The molecule has 1 aromatic carbocycles. The van der Waals surface area contributed by atoms with Gasteiger partial charge < -0.3 is 0 Å². The largest absolute Gasteiger partial charge is 0.254 e. The van der Waals surface area contributed by atoms with Gasteiger partial charge in [-0.25, -0.2) is 0 Å². The van der Waals surface area contributed by atoms with Gasteiger partial charge in [0, 0.05) is 21.3 Å². The predicted octanol–water partition coefficient (Wildman–Crippen LogP) is 2.72. The Morgan fingerprint density at radius 2 is 1.38 bits per heavy atom. The van der Waals surface area contributed by atoms with E-state index in [0.29, 0.717) is 11.5 Å². The normalized spacial score (nSPS) is 14.6. The summed E-state index contributed by atoms with van der Waals surface area (Å²) in [6, 6.07) is 7.35. The molecule has 4 heteroatoms. The molecule has 0 aliphatic carbocycles. The molecule has 2 unspecified atom stereocenters. The van der Waals surface area contributed by atoms with E-state index in [-0.39, 0.29) is 0 Å². The molecule has 0 fully saturated rings. The van der Waals surface area contributed by atoms with Gasteiger partial charge in [-0.1, -0.05) is 19.9 Å². The molecule has 1 aromatic rings. The maximum atomic E-state index is 11.8. The van der Waals surface area contributed by atoms with Gasteiger partial charge in [-0.15, -0.1) is 0 Å². The van der Waals surface area contributed by atoms with Crippen LogP contribution in [0.25, 0.3) is 0 Å².